The molecule has 0 radical (unpaired) electrons. The summed E-state index contributed by atoms with van der Waals surface area (Å²) in [6, 6.07) is 12.5. The highest BCUT2D eigenvalue weighted by Crippen LogP contribution is 2.16. The minimum atomic E-state index is -0.434. The standard InChI is InChI=1S/C20H17ClN6O2/c1-12-3-8-16(9-13(12)2)27-19-18(24-25-27)20(29)26(11-22-19)10-17(28)23-15-6-4-14(21)5-7-15/h3-9,11H,10H2,1-2H3,(H,23,28). The van der Waals surface area contributed by atoms with E-state index < -0.39 is 5.56 Å². The second-order valence-electron chi connectivity index (χ2n) is 6.67. The van der Waals surface area contributed by atoms with E-state index in [1.165, 1.54) is 15.6 Å². The van der Waals surface area contributed by atoms with E-state index >= 15 is 0 Å². The van der Waals surface area contributed by atoms with Crippen molar-refractivity contribution in [1.82, 2.24) is 24.5 Å². The predicted molar refractivity (Wildman–Crippen MR) is 110 cm³/mol. The third-order valence-electron chi connectivity index (χ3n) is 4.61. The number of amides is 1. The molecule has 0 aliphatic rings. The van der Waals surface area contributed by atoms with Crippen molar-refractivity contribution in [2.24, 2.45) is 0 Å². The second kappa shape index (κ2) is 7.48. The van der Waals surface area contributed by atoms with Crippen LogP contribution in [0.1, 0.15) is 11.1 Å². The Hall–Kier alpha value is -3.52. The molecule has 0 saturated carbocycles. The second-order valence-corrected chi connectivity index (χ2v) is 7.11. The highest BCUT2D eigenvalue weighted by atomic mass is 35.5. The van der Waals surface area contributed by atoms with Crippen molar-refractivity contribution < 1.29 is 4.79 Å². The van der Waals surface area contributed by atoms with Crippen LogP contribution >= 0.6 is 11.6 Å². The molecule has 9 heteroatoms. The minimum Gasteiger partial charge on any atom is -0.325 e. The molecular formula is C20H17ClN6O2. The zero-order valence-electron chi connectivity index (χ0n) is 15.8. The Morgan fingerprint density at radius 3 is 2.59 bits per heavy atom. The van der Waals surface area contributed by atoms with E-state index in [0.717, 1.165) is 16.8 Å². The van der Waals surface area contributed by atoms with Gasteiger partial charge in [-0.25, -0.2) is 4.98 Å². The van der Waals surface area contributed by atoms with E-state index in [-0.39, 0.29) is 18.0 Å². The molecule has 2 aromatic heterocycles. The van der Waals surface area contributed by atoms with Crippen LogP contribution in [0.2, 0.25) is 5.02 Å². The average Bonchev–Trinajstić information content (AvgIpc) is 3.13. The smallest absolute Gasteiger partial charge is 0.284 e. The number of benzene rings is 2. The lowest BCUT2D eigenvalue weighted by molar-refractivity contribution is -0.116. The SMILES string of the molecule is Cc1ccc(-n2nnc3c(=O)n(CC(=O)Nc4ccc(Cl)cc4)cnc32)cc1C. The topological polar surface area (TPSA) is 94.7 Å². The van der Waals surface area contributed by atoms with Crippen LogP contribution in [0.15, 0.2) is 53.6 Å². The summed E-state index contributed by atoms with van der Waals surface area (Å²) in [7, 11) is 0. The van der Waals surface area contributed by atoms with E-state index in [0.29, 0.717) is 16.4 Å². The fraction of sp³-hybridized carbons (Fsp3) is 0.150. The van der Waals surface area contributed by atoms with Crippen LogP contribution in [0.4, 0.5) is 5.69 Å². The van der Waals surface area contributed by atoms with Crippen LogP contribution in [0.5, 0.6) is 0 Å². The monoisotopic (exact) mass is 408 g/mol. The van der Waals surface area contributed by atoms with E-state index in [2.05, 4.69) is 20.6 Å². The number of hydrogen-bond donors (Lipinski definition) is 1. The van der Waals surface area contributed by atoms with Crippen molar-refractivity contribution in [1.29, 1.82) is 0 Å². The summed E-state index contributed by atoms with van der Waals surface area (Å²) in [5.74, 6) is -0.364. The quantitative estimate of drug-likeness (QED) is 0.560. The first kappa shape index (κ1) is 18.8. The first-order chi connectivity index (χ1) is 13.9. The van der Waals surface area contributed by atoms with Gasteiger partial charge in [-0.2, -0.15) is 4.68 Å². The molecule has 146 valence electrons. The van der Waals surface area contributed by atoms with Gasteiger partial charge in [0.15, 0.2) is 11.2 Å². The maximum absolute atomic E-state index is 12.7. The number of hydrogen-bond acceptors (Lipinski definition) is 5. The van der Waals surface area contributed by atoms with Crippen molar-refractivity contribution >= 4 is 34.4 Å². The molecule has 0 spiro atoms. The molecule has 0 aliphatic heterocycles. The summed E-state index contributed by atoms with van der Waals surface area (Å²) in [5.41, 5.74) is 3.61. The molecule has 0 aliphatic carbocycles. The van der Waals surface area contributed by atoms with E-state index in [4.69, 9.17) is 11.6 Å². The molecule has 1 N–H and O–H groups in total. The summed E-state index contributed by atoms with van der Waals surface area (Å²) in [6.45, 7) is 3.82. The lowest BCUT2D eigenvalue weighted by Gasteiger charge is -2.08. The Morgan fingerprint density at radius 1 is 1.10 bits per heavy atom. The van der Waals surface area contributed by atoms with E-state index in [1.54, 1.807) is 24.3 Å². The highest BCUT2D eigenvalue weighted by molar-refractivity contribution is 6.30. The number of carbonyl (C=O) groups excluding carboxylic acids is 1. The van der Waals surface area contributed by atoms with Gasteiger partial charge < -0.3 is 5.32 Å². The number of anilines is 1. The molecule has 0 bridgehead atoms. The Balaban J connectivity index is 1.61. The van der Waals surface area contributed by atoms with Crippen LogP contribution in [-0.4, -0.2) is 30.5 Å². The molecule has 8 nitrogen and oxygen atoms in total. The third kappa shape index (κ3) is 3.74. The number of carbonyl (C=O) groups is 1. The van der Waals surface area contributed by atoms with Crippen molar-refractivity contribution in [3.63, 3.8) is 0 Å². The third-order valence-corrected chi connectivity index (χ3v) is 4.86. The van der Waals surface area contributed by atoms with Crippen LogP contribution in [0.3, 0.4) is 0 Å². The van der Waals surface area contributed by atoms with Gasteiger partial charge in [-0.3, -0.25) is 14.2 Å². The normalized spacial score (nSPS) is 11.0. The van der Waals surface area contributed by atoms with Gasteiger partial charge in [0.1, 0.15) is 12.9 Å². The van der Waals surface area contributed by atoms with Crippen LogP contribution < -0.4 is 10.9 Å². The highest BCUT2D eigenvalue weighted by Gasteiger charge is 2.15. The molecule has 0 atom stereocenters. The number of halogens is 1. The lowest BCUT2D eigenvalue weighted by atomic mass is 10.1. The number of aryl methyl sites for hydroxylation is 2. The number of nitrogens with zero attached hydrogens (tertiary/aromatic N) is 5. The summed E-state index contributed by atoms with van der Waals surface area (Å²) < 4.78 is 2.72. The van der Waals surface area contributed by atoms with Crippen molar-refractivity contribution in [3.8, 4) is 5.69 Å². The number of nitrogens with one attached hydrogen (secondary N) is 1. The molecule has 1 amide bonds. The first-order valence-corrected chi connectivity index (χ1v) is 9.24. The fourth-order valence-corrected chi connectivity index (χ4v) is 3.00. The van der Waals surface area contributed by atoms with E-state index in [9.17, 15) is 9.59 Å². The predicted octanol–water partition coefficient (Wildman–Crippen LogP) is 2.89. The lowest BCUT2D eigenvalue weighted by Crippen LogP contribution is -2.28. The molecule has 0 saturated heterocycles. The van der Waals surface area contributed by atoms with Gasteiger partial charge >= 0.3 is 0 Å². The van der Waals surface area contributed by atoms with Crippen molar-refractivity contribution in [3.05, 3.63) is 75.3 Å². The number of rotatable bonds is 4. The van der Waals surface area contributed by atoms with Gasteiger partial charge in [0.05, 0.1) is 5.69 Å². The summed E-state index contributed by atoms with van der Waals surface area (Å²) in [4.78, 5) is 29.3. The van der Waals surface area contributed by atoms with Crippen LogP contribution in [0, 0.1) is 13.8 Å². The summed E-state index contributed by atoms with van der Waals surface area (Å²) in [6.07, 6.45) is 1.33. The van der Waals surface area contributed by atoms with Crippen LogP contribution in [0.25, 0.3) is 16.9 Å². The maximum atomic E-state index is 12.7. The van der Waals surface area contributed by atoms with Gasteiger partial charge in [0.25, 0.3) is 5.56 Å². The minimum absolute atomic E-state index is 0.102. The van der Waals surface area contributed by atoms with Gasteiger partial charge in [-0.05, 0) is 61.4 Å². The zero-order valence-corrected chi connectivity index (χ0v) is 16.5. The maximum Gasteiger partial charge on any atom is 0.284 e. The summed E-state index contributed by atoms with van der Waals surface area (Å²) >= 11 is 5.84. The molecule has 2 aromatic carbocycles. The molecule has 4 rings (SSSR count). The van der Waals surface area contributed by atoms with Gasteiger partial charge in [0.2, 0.25) is 5.91 Å². The van der Waals surface area contributed by atoms with E-state index in [1.807, 2.05) is 32.0 Å². The Kier molecular flexibility index (Phi) is 4.85. The van der Waals surface area contributed by atoms with Crippen molar-refractivity contribution in [2.75, 3.05) is 5.32 Å². The Morgan fingerprint density at radius 2 is 1.86 bits per heavy atom. The Labute approximate surface area is 170 Å². The zero-order chi connectivity index (χ0) is 20.5. The van der Waals surface area contributed by atoms with Crippen molar-refractivity contribution in [2.45, 2.75) is 20.4 Å². The molecule has 4 aromatic rings. The Bertz CT molecular complexity index is 1280. The fourth-order valence-electron chi connectivity index (χ4n) is 2.88. The molecular weight excluding hydrogens is 392 g/mol. The molecule has 2 heterocycles. The number of aromatic nitrogens is 5. The average molecular weight is 409 g/mol. The largest absolute Gasteiger partial charge is 0.325 e. The van der Waals surface area contributed by atoms with Gasteiger partial charge in [-0.1, -0.05) is 22.9 Å². The molecule has 29 heavy (non-hydrogen) atoms. The van der Waals surface area contributed by atoms with Crippen LogP contribution in [-0.2, 0) is 11.3 Å². The van der Waals surface area contributed by atoms with Gasteiger partial charge in [0, 0.05) is 10.7 Å². The molecule has 0 unspecified atom stereocenters. The number of fused-ring (bicyclic) bond motifs is 1. The first-order valence-electron chi connectivity index (χ1n) is 8.86. The molecule has 0 fully saturated rings. The summed E-state index contributed by atoms with van der Waals surface area (Å²) in [5, 5.41) is 11.3. The van der Waals surface area contributed by atoms with Gasteiger partial charge in [-0.15, -0.1) is 5.10 Å².